The Balaban J connectivity index is 1.75. The number of nitrogen functional groups attached to an aromatic ring is 1. The third-order valence-corrected chi connectivity index (χ3v) is 5.21. The van der Waals surface area contributed by atoms with E-state index in [0.717, 1.165) is 28.3 Å². The summed E-state index contributed by atoms with van der Waals surface area (Å²) in [5.74, 6) is 1.84. The van der Waals surface area contributed by atoms with E-state index in [2.05, 4.69) is 10.3 Å². The fourth-order valence-corrected chi connectivity index (χ4v) is 3.76. The largest absolute Gasteiger partial charge is 0.496 e. The Bertz CT molecular complexity index is 1140. The van der Waals surface area contributed by atoms with E-state index in [9.17, 15) is 0 Å². The third-order valence-electron chi connectivity index (χ3n) is 4.36. The smallest absolute Gasteiger partial charge is 0.165 e. The molecule has 4 aromatic rings. The van der Waals surface area contributed by atoms with Crippen molar-refractivity contribution in [2.75, 3.05) is 20.0 Å². The van der Waals surface area contributed by atoms with Gasteiger partial charge in [0.15, 0.2) is 11.5 Å². The minimum Gasteiger partial charge on any atom is -0.496 e. The van der Waals surface area contributed by atoms with Crippen LogP contribution in [0.2, 0.25) is 0 Å². The van der Waals surface area contributed by atoms with Crippen molar-refractivity contribution < 1.29 is 9.47 Å². The van der Waals surface area contributed by atoms with Crippen LogP contribution in [-0.4, -0.2) is 34.2 Å². The van der Waals surface area contributed by atoms with E-state index in [0.29, 0.717) is 22.3 Å². The highest BCUT2D eigenvalue weighted by molar-refractivity contribution is 7.13. The maximum absolute atomic E-state index is 6.37. The molecule has 0 fully saturated rings. The van der Waals surface area contributed by atoms with E-state index < -0.39 is 0 Å². The topological polar surface area (TPSA) is 88.1 Å². The summed E-state index contributed by atoms with van der Waals surface area (Å²) < 4.78 is 12.4. The highest BCUT2D eigenvalue weighted by atomic mass is 32.1. The van der Waals surface area contributed by atoms with Crippen LogP contribution >= 0.6 is 11.3 Å². The number of thiazole rings is 1. The van der Waals surface area contributed by atoms with E-state index >= 15 is 0 Å². The number of hydrogen-bond donors (Lipinski definition) is 1. The van der Waals surface area contributed by atoms with Crippen molar-refractivity contribution in [3.8, 4) is 39.1 Å². The van der Waals surface area contributed by atoms with Gasteiger partial charge in [0.25, 0.3) is 0 Å². The molecule has 2 heterocycles. The number of anilines is 1. The molecule has 0 radical (unpaired) electrons. The first kappa shape index (κ1) is 18.0. The first-order valence-corrected chi connectivity index (χ1v) is 9.45. The van der Waals surface area contributed by atoms with Gasteiger partial charge in [-0.05, 0) is 36.8 Å². The van der Waals surface area contributed by atoms with Gasteiger partial charge < -0.3 is 15.2 Å². The molecule has 0 aliphatic rings. The van der Waals surface area contributed by atoms with Crippen molar-refractivity contribution >= 4 is 17.2 Å². The Morgan fingerprint density at radius 3 is 2.61 bits per heavy atom. The second-order valence-corrected chi connectivity index (χ2v) is 7.01. The van der Waals surface area contributed by atoms with E-state index in [1.165, 1.54) is 11.3 Å². The van der Waals surface area contributed by atoms with Crippen LogP contribution < -0.4 is 15.2 Å². The number of hydrogen-bond acceptors (Lipinski definition) is 7. The number of nitrogens with two attached hydrogens (primary N) is 1. The highest BCUT2D eigenvalue weighted by Gasteiger charge is 2.19. The molecule has 28 heavy (non-hydrogen) atoms. The quantitative estimate of drug-likeness (QED) is 0.552. The zero-order valence-electron chi connectivity index (χ0n) is 15.7. The summed E-state index contributed by atoms with van der Waals surface area (Å²) in [6, 6.07) is 13.6. The highest BCUT2D eigenvalue weighted by Crippen LogP contribution is 2.36. The standard InChI is InChI=1S/C20H19N5O2S/c1-12-8-9-17(27-3)15(10-12)25-19(21)18(23-24-25)20-22-14(11-28-20)13-6-4-5-7-16(13)26-2/h4-11H,21H2,1-3H3. The zero-order valence-corrected chi connectivity index (χ0v) is 16.5. The maximum Gasteiger partial charge on any atom is 0.165 e. The average molecular weight is 393 g/mol. The molecule has 0 atom stereocenters. The fraction of sp³-hybridized carbons (Fsp3) is 0.150. The number of benzene rings is 2. The van der Waals surface area contributed by atoms with Crippen LogP contribution in [0.15, 0.2) is 47.8 Å². The molecular weight excluding hydrogens is 374 g/mol. The van der Waals surface area contributed by atoms with Crippen LogP contribution in [0.25, 0.3) is 27.6 Å². The van der Waals surface area contributed by atoms with Gasteiger partial charge in [-0.3, -0.25) is 0 Å². The molecule has 142 valence electrons. The van der Waals surface area contributed by atoms with Gasteiger partial charge in [0, 0.05) is 10.9 Å². The van der Waals surface area contributed by atoms with Crippen molar-refractivity contribution in [1.29, 1.82) is 0 Å². The lowest BCUT2D eigenvalue weighted by molar-refractivity contribution is 0.411. The molecule has 0 unspecified atom stereocenters. The predicted octanol–water partition coefficient (Wildman–Crippen LogP) is 3.97. The molecule has 0 spiro atoms. The Kier molecular flexibility index (Phi) is 4.70. The third kappa shape index (κ3) is 3.07. The maximum atomic E-state index is 6.37. The Labute approximate surface area is 166 Å². The van der Waals surface area contributed by atoms with Gasteiger partial charge in [-0.1, -0.05) is 23.4 Å². The second kappa shape index (κ2) is 7.32. The summed E-state index contributed by atoms with van der Waals surface area (Å²) in [4.78, 5) is 4.70. The van der Waals surface area contributed by atoms with E-state index in [4.69, 9.17) is 20.2 Å². The summed E-state index contributed by atoms with van der Waals surface area (Å²) in [7, 11) is 3.26. The second-order valence-electron chi connectivity index (χ2n) is 6.15. The Hall–Kier alpha value is -3.39. The summed E-state index contributed by atoms with van der Waals surface area (Å²) in [5, 5.41) is 11.1. The average Bonchev–Trinajstić information content (AvgIpc) is 3.34. The predicted molar refractivity (Wildman–Crippen MR) is 110 cm³/mol. The molecule has 2 N–H and O–H groups in total. The number of methoxy groups -OCH3 is 2. The van der Waals surface area contributed by atoms with Crippen LogP contribution in [-0.2, 0) is 0 Å². The molecular formula is C20H19N5O2S. The first-order valence-electron chi connectivity index (χ1n) is 8.58. The monoisotopic (exact) mass is 393 g/mol. The van der Waals surface area contributed by atoms with Gasteiger partial charge in [-0.25, -0.2) is 4.98 Å². The first-order chi connectivity index (χ1) is 13.6. The zero-order chi connectivity index (χ0) is 19.7. The molecule has 0 aliphatic heterocycles. The van der Waals surface area contributed by atoms with E-state index in [1.54, 1.807) is 18.9 Å². The van der Waals surface area contributed by atoms with Crippen LogP contribution in [0.4, 0.5) is 5.82 Å². The van der Waals surface area contributed by atoms with Crippen LogP contribution in [0.5, 0.6) is 11.5 Å². The van der Waals surface area contributed by atoms with E-state index in [1.807, 2.05) is 54.8 Å². The van der Waals surface area contributed by atoms with Crippen molar-refractivity contribution in [3.05, 3.63) is 53.4 Å². The molecule has 4 rings (SSSR count). The number of ether oxygens (including phenoxy) is 2. The number of aryl methyl sites for hydroxylation is 1. The van der Waals surface area contributed by atoms with Gasteiger partial charge in [0.1, 0.15) is 22.2 Å². The molecule has 7 nitrogen and oxygen atoms in total. The molecule has 0 amide bonds. The van der Waals surface area contributed by atoms with Crippen LogP contribution in [0.1, 0.15) is 5.56 Å². The Morgan fingerprint density at radius 1 is 1.04 bits per heavy atom. The SMILES string of the molecule is COc1ccccc1-c1csc(-c2nnn(-c3cc(C)ccc3OC)c2N)n1. The molecule has 0 bridgehead atoms. The van der Waals surface area contributed by atoms with Crippen LogP contribution in [0, 0.1) is 6.92 Å². The fourth-order valence-electron chi connectivity index (χ4n) is 2.95. The number of aromatic nitrogens is 4. The summed E-state index contributed by atoms with van der Waals surface area (Å²) in [6.07, 6.45) is 0. The number of rotatable bonds is 5. The van der Waals surface area contributed by atoms with Crippen molar-refractivity contribution in [2.45, 2.75) is 6.92 Å². The molecule has 2 aromatic heterocycles. The lowest BCUT2D eigenvalue weighted by Crippen LogP contribution is -2.04. The van der Waals surface area contributed by atoms with Crippen molar-refractivity contribution in [1.82, 2.24) is 20.0 Å². The summed E-state index contributed by atoms with van der Waals surface area (Å²) in [6.45, 7) is 2.00. The van der Waals surface area contributed by atoms with E-state index in [-0.39, 0.29) is 0 Å². The molecule has 8 heteroatoms. The minimum absolute atomic E-state index is 0.407. The van der Waals surface area contributed by atoms with Gasteiger partial charge in [0.05, 0.1) is 19.9 Å². The van der Waals surface area contributed by atoms with Gasteiger partial charge in [-0.15, -0.1) is 16.4 Å². The van der Waals surface area contributed by atoms with Gasteiger partial charge in [-0.2, -0.15) is 4.68 Å². The Morgan fingerprint density at radius 2 is 1.82 bits per heavy atom. The van der Waals surface area contributed by atoms with Gasteiger partial charge >= 0.3 is 0 Å². The molecule has 0 saturated carbocycles. The van der Waals surface area contributed by atoms with Gasteiger partial charge in [0.2, 0.25) is 0 Å². The van der Waals surface area contributed by atoms with Crippen molar-refractivity contribution in [2.24, 2.45) is 0 Å². The molecule has 2 aromatic carbocycles. The number of para-hydroxylation sites is 1. The molecule has 0 aliphatic carbocycles. The summed E-state index contributed by atoms with van der Waals surface area (Å²) in [5.41, 5.74) is 10.4. The minimum atomic E-state index is 0.407. The lowest BCUT2D eigenvalue weighted by Gasteiger charge is -2.10. The molecule has 0 saturated heterocycles. The number of nitrogens with zero attached hydrogens (tertiary/aromatic N) is 4. The van der Waals surface area contributed by atoms with Crippen LogP contribution in [0.3, 0.4) is 0 Å². The van der Waals surface area contributed by atoms with Crippen molar-refractivity contribution in [3.63, 3.8) is 0 Å². The summed E-state index contributed by atoms with van der Waals surface area (Å²) >= 11 is 1.46. The normalized spacial score (nSPS) is 10.8. The lowest BCUT2D eigenvalue weighted by atomic mass is 10.1.